The van der Waals surface area contributed by atoms with Gasteiger partial charge in [-0.1, -0.05) is 6.42 Å². The van der Waals surface area contributed by atoms with Crippen LogP contribution in [-0.4, -0.2) is 24.4 Å². The van der Waals surface area contributed by atoms with Crippen LogP contribution in [0.4, 0.5) is 0 Å². The second kappa shape index (κ2) is 4.97. The summed E-state index contributed by atoms with van der Waals surface area (Å²) in [5, 5.41) is 1.96. The van der Waals surface area contributed by atoms with Gasteiger partial charge >= 0.3 is 0 Å². The summed E-state index contributed by atoms with van der Waals surface area (Å²) in [6.45, 7) is 0.935. The summed E-state index contributed by atoms with van der Waals surface area (Å²) in [6, 6.07) is 1.95. The highest BCUT2D eigenvalue weighted by molar-refractivity contribution is 9.10. The van der Waals surface area contributed by atoms with Crippen LogP contribution in [0.1, 0.15) is 35.4 Å². The van der Waals surface area contributed by atoms with Crippen LogP contribution in [0.5, 0.6) is 0 Å². The summed E-state index contributed by atoms with van der Waals surface area (Å²) in [4.78, 5) is 15.1. The summed E-state index contributed by atoms with van der Waals surface area (Å²) in [5.74, 6) is 2.75. The van der Waals surface area contributed by atoms with Crippen molar-refractivity contribution in [3.8, 4) is 0 Å². The molecule has 0 spiro atoms. The van der Waals surface area contributed by atoms with Gasteiger partial charge in [0.2, 0.25) is 0 Å². The zero-order valence-electron chi connectivity index (χ0n) is 10.6. The summed E-state index contributed by atoms with van der Waals surface area (Å²) in [7, 11) is 1.94. The van der Waals surface area contributed by atoms with Gasteiger partial charge in [-0.25, -0.2) is 0 Å². The molecule has 1 aromatic heterocycles. The molecule has 3 rings (SSSR count). The van der Waals surface area contributed by atoms with Crippen molar-refractivity contribution in [2.75, 3.05) is 13.6 Å². The van der Waals surface area contributed by atoms with Crippen molar-refractivity contribution in [3.63, 3.8) is 0 Å². The Morgan fingerprint density at radius 3 is 2.89 bits per heavy atom. The van der Waals surface area contributed by atoms with Crippen LogP contribution >= 0.6 is 27.3 Å². The van der Waals surface area contributed by atoms with Gasteiger partial charge in [0.1, 0.15) is 4.88 Å². The van der Waals surface area contributed by atoms with Crippen molar-refractivity contribution in [1.29, 1.82) is 0 Å². The molecule has 4 heteroatoms. The van der Waals surface area contributed by atoms with Crippen LogP contribution in [0.2, 0.25) is 0 Å². The topological polar surface area (TPSA) is 20.3 Å². The van der Waals surface area contributed by atoms with Crippen LogP contribution in [0.3, 0.4) is 0 Å². The first-order valence-electron chi connectivity index (χ1n) is 6.63. The van der Waals surface area contributed by atoms with E-state index in [9.17, 15) is 4.79 Å². The number of carbonyl (C=O) groups excluding carboxylic acids is 1. The second-order valence-electron chi connectivity index (χ2n) is 5.72. The molecule has 0 N–H and O–H groups in total. The molecule has 2 saturated carbocycles. The van der Waals surface area contributed by atoms with Crippen LogP contribution in [0.25, 0.3) is 0 Å². The van der Waals surface area contributed by atoms with E-state index in [1.54, 1.807) is 0 Å². The molecule has 2 fully saturated rings. The monoisotopic (exact) mass is 327 g/mol. The molecule has 18 heavy (non-hydrogen) atoms. The summed E-state index contributed by atoms with van der Waals surface area (Å²) >= 11 is 4.96. The lowest BCUT2D eigenvalue weighted by Gasteiger charge is -2.27. The Morgan fingerprint density at radius 1 is 1.50 bits per heavy atom. The summed E-state index contributed by atoms with van der Waals surface area (Å²) in [5.41, 5.74) is 0. The Morgan fingerprint density at radius 2 is 2.33 bits per heavy atom. The van der Waals surface area contributed by atoms with Crippen molar-refractivity contribution in [1.82, 2.24) is 4.90 Å². The molecular formula is C14H18BrNOS. The predicted molar refractivity (Wildman–Crippen MR) is 77.9 cm³/mol. The van der Waals surface area contributed by atoms with Crippen molar-refractivity contribution < 1.29 is 4.79 Å². The molecule has 2 aliphatic rings. The molecule has 2 bridgehead atoms. The minimum atomic E-state index is 0.166. The average molecular weight is 328 g/mol. The standard InChI is InChI=1S/C14H18BrNOS/c1-16(14(17)13-12(15)4-5-18-13)8-11-7-9-2-3-10(11)6-9/h4-5,9-11H,2-3,6-8H2,1H3. The highest BCUT2D eigenvalue weighted by Crippen LogP contribution is 2.48. The fourth-order valence-corrected chi connectivity index (χ4v) is 5.19. The van der Waals surface area contributed by atoms with Crippen molar-refractivity contribution in [2.24, 2.45) is 17.8 Å². The molecule has 1 aromatic rings. The zero-order chi connectivity index (χ0) is 12.7. The molecule has 0 saturated heterocycles. The van der Waals surface area contributed by atoms with E-state index in [1.165, 1.54) is 37.0 Å². The molecule has 0 aromatic carbocycles. The van der Waals surface area contributed by atoms with Gasteiger partial charge in [-0.15, -0.1) is 11.3 Å². The Labute approximate surface area is 120 Å². The average Bonchev–Trinajstić information content (AvgIpc) is 3.04. The quantitative estimate of drug-likeness (QED) is 0.821. The van der Waals surface area contributed by atoms with Crippen molar-refractivity contribution in [3.05, 3.63) is 20.8 Å². The number of rotatable bonds is 3. The van der Waals surface area contributed by atoms with Gasteiger partial charge in [-0.3, -0.25) is 4.79 Å². The Balaban J connectivity index is 1.63. The van der Waals surface area contributed by atoms with Crippen LogP contribution in [0, 0.1) is 17.8 Å². The van der Waals surface area contributed by atoms with Gasteiger partial charge in [-0.2, -0.15) is 0 Å². The molecule has 1 heterocycles. The molecule has 0 radical (unpaired) electrons. The molecule has 2 aliphatic carbocycles. The fraction of sp³-hybridized carbons (Fsp3) is 0.643. The Hall–Kier alpha value is -0.350. The third kappa shape index (κ3) is 2.25. The fourth-order valence-electron chi connectivity index (χ4n) is 3.65. The lowest BCUT2D eigenvalue weighted by atomic mass is 9.88. The van der Waals surface area contributed by atoms with Gasteiger partial charge in [0.25, 0.3) is 5.91 Å². The largest absolute Gasteiger partial charge is 0.341 e. The van der Waals surface area contributed by atoms with Crippen LogP contribution in [0.15, 0.2) is 15.9 Å². The van der Waals surface area contributed by atoms with E-state index in [1.807, 2.05) is 23.4 Å². The number of halogens is 1. The highest BCUT2D eigenvalue weighted by Gasteiger charge is 2.40. The maximum Gasteiger partial charge on any atom is 0.264 e. The van der Waals surface area contributed by atoms with Gasteiger partial charge < -0.3 is 4.90 Å². The van der Waals surface area contributed by atoms with Crippen LogP contribution < -0.4 is 0 Å². The molecule has 3 unspecified atom stereocenters. The van der Waals surface area contributed by atoms with E-state index in [-0.39, 0.29) is 5.91 Å². The number of fused-ring (bicyclic) bond motifs is 2. The molecule has 98 valence electrons. The third-order valence-electron chi connectivity index (χ3n) is 4.55. The minimum Gasteiger partial charge on any atom is -0.341 e. The van der Waals surface area contributed by atoms with E-state index >= 15 is 0 Å². The molecule has 0 aliphatic heterocycles. The first kappa shape index (κ1) is 12.7. The maximum absolute atomic E-state index is 12.3. The number of nitrogens with zero attached hydrogens (tertiary/aromatic N) is 1. The number of carbonyl (C=O) groups is 1. The molecular weight excluding hydrogens is 310 g/mol. The van der Waals surface area contributed by atoms with Gasteiger partial charge in [0.05, 0.1) is 0 Å². The lowest BCUT2D eigenvalue weighted by Crippen LogP contribution is -2.33. The third-order valence-corrected chi connectivity index (χ3v) is 6.38. The van der Waals surface area contributed by atoms with Gasteiger partial charge in [-0.05, 0) is 64.4 Å². The maximum atomic E-state index is 12.3. The number of hydrogen-bond acceptors (Lipinski definition) is 2. The summed E-state index contributed by atoms with van der Waals surface area (Å²) < 4.78 is 0.928. The smallest absolute Gasteiger partial charge is 0.264 e. The van der Waals surface area contributed by atoms with E-state index in [4.69, 9.17) is 0 Å². The van der Waals surface area contributed by atoms with Crippen molar-refractivity contribution >= 4 is 33.2 Å². The zero-order valence-corrected chi connectivity index (χ0v) is 13.0. The number of thiophene rings is 1. The normalized spacial score (nSPS) is 29.8. The molecule has 3 atom stereocenters. The van der Waals surface area contributed by atoms with E-state index in [0.717, 1.165) is 33.6 Å². The predicted octanol–water partition coefficient (Wildman–Crippen LogP) is 4.02. The van der Waals surface area contributed by atoms with Crippen LogP contribution in [-0.2, 0) is 0 Å². The number of amides is 1. The first-order valence-corrected chi connectivity index (χ1v) is 8.31. The number of hydrogen-bond donors (Lipinski definition) is 0. The van der Waals surface area contributed by atoms with E-state index in [0.29, 0.717) is 0 Å². The summed E-state index contributed by atoms with van der Waals surface area (Å²) in [6.07, 6.45) is 5.57. The SMILES string of the molecule is CN(CC1CC2CCC1C2)C(=O)c1sccc1Br. The van der Waals surface area contributed by atoms with E-state index < -0.39 is 0 Å². The van der Waals surface area contributed by atoms with Crippen molar-refractivity contribution in [2.45, 2.75) is 25.7 Å². The van der Waals surface area contributed by atoms with E-state index in [2.05, 4.69) is 15.9 Å². The minimum absolute atomic E-state index is 0.166. The van der Waals surface area contributed by atoms with Gasteiger partial charge in [0.15, 0.2) is 0 Å². The molecule has 2 nitrogen and oxygen atoms in total. The Kier molecular flexibility index (Phi) is 3.50. The Bertz CT molecular complexity index is 458. The molecule has 1 amide bonds. The second-order valence-corrected chi connectivity index (χ2v) is 7.49. The lowest BCUT2D eigenvalue weighted by molar-refractivity contribution is 0.0758. The first-order chi connectivity index (χ1) is 8.65. The highest BCUT2D eigenvalue weighted by atomic mass is 79.9. The van der Waals surface area contributed by atoms with Gasteiger partial charge in [0, 0.05) is 18.1 Å².